The lowest BCUT2D eigenvalue weighted by atomic mass is 9.86. The number of phenols is 1. The number of halogens is 1. The second kappa shape index (κ2) is 8.88. The summed E-state index contributed by atoms with van der Waals surface area (Å²) in [5, 5.41) is 14.7. The zero-order valence-corrected chi connectivity index (χ0v) is 19.7. The Labute approximate surface area is 191 Å². The van der Waals surface area contributed by atoms with Crippen LogP contribution in [0, 0.1) is 0 Å². The first-order valence-corrected chi connectivity index (χ1v) is 11.1. The molecule has 7 nitrogen and oxygen atoms in total. The molecule has 9 heteroatoms. The maximum absolute atomic E-state index is 12.8. The molecule has 1 aliphatic rings. The minimum absolute atomic E-state index is 0.0121. The fourth-order valence-electron chi connectivity index (χ4n) is 3.29. The van der Waals surface area contributed by atoms with Crippen molar-refractivity contribution in [2.75, 3.05) is 25.5 Å². The van der Waals surface area contributed by atoms with Crippen LogP contribution in [0.25, 0.3) is 0 Å². The number of nitrogens with one attached hydrogen (secondary N) is 1. The van der Waals surface area contributed by atoms with Crippen molar-refractivity contribution in [2.45, 2.75) is 38.8 Å². The van der Waals surface area contributed by atoms with Crippen molar-refractivity contribution in [1.29, 1.82) is 0 Å². The van der Waals surface area contributed by atoms with Crippen LogP contribution in [0.4, 0.5) is 5.69 Å². The van der Waals surface area contributed by atoms with Crippen LogP contribution in [0.1, 0.15) is 41.0 Å². The van der Waals surface area contributed by atoms with Gasteiger partial charge in [-0.2, -0.15) is 0 Å². The summed E-state index contributed by atoms with van der Waals surface area (Å²) in [4.78, 5) is 32.5. The van der Waals surface area contributed by atoms with E-state index in [0.717, 1.165) is 10.6 Å². The Kier molecular flexibility index (Phi) is 6.62. The van der Waals surface area contributed by atoms with E-state index >= 15 is 0 Å². The predicted octanol–water partition coefficient (Wildman–Crippen LogP) is 3.88. The highest BCUT2D eigenvalue weighted by Crippen LogP contribution is 2.37. The SMILES string of the molecule is C=CC(=O)N1CC(N(C)C(=O)c2cnc(CNc3cc(C(C)(C)C)c(Cl)cc3O)s2)C1. The summed E-state index contributed by atoms with van der Waals surface area (Å²) >= 11 is 7.58. The summed E-state index contributed by atoms with van der Waals surface area (Å²) in [5.41, 5.74) is 1.33. The molecule has 0 radical (unpaired) electrons. The molecule has 0 saturated carbocycles. The molecular weight excluding hydrogens is 436 g/mol. The van der Waals surface area contributed by atoms with Crippen LogP contribution in [0.5, 0.6) is 5.75 Å². The topological polar surface area (TPSA) is 85.8 Å². The van der Waals surface area contributed by atoms with Gasteiger partial charge < -0.3 is 20.2 Å². The van der Waals surface area contributed by atoms with E-state index in [1.807, 2.05) is 6.07 Å². The molecule has 0 aliphatic carbocycles. The van der Waals surface area contributed by atoms with Crippen molar-refractivity contribution in [1.82, 2.24) is 14.8 Å². The number of phenolic OH excluding ortho intramolecular Hbond substituents is 1. The summed E-state index contributed by atoms with van der Waals surface area (Å²) in [6, 6.07) is 3.37. The van der Waals surface area contributed by atoms with Crippen LogP contribution in [0.15, 0.2) is 31.0 Å². The van der Waals surface area contributed by atoms with Gasteiger partial charge in [0.15, 0.2) is 0 Å². The molecule has 0 spiro atoms. The third kappa shape index (κ3) is 5.02. The Morgan fingerprint density at radius 3 is 2.71 bits per heavy atom. The molecular formula is C22H27ClN4O3S. The minimum atomic E-state index is -0.167. The van der Waals surface area contributed by atoms with Crippen molar-refractivity contribution in [2.24, 2.45) is 0 Å². The fraction of sp³-hybridized carbons (Fsp3) is 0.409. The summed E-state index contributed by atoms with van der Waals surface area (Å²) in [5.74, 6) is -0.179. The highest BCUT2D eigenvalue weighted by Gasteiger charge is 2.35. The summed E-state index contributed by atoms with van der Waals surface area (Å²) < 4.78 is 0. The average Bonchev–Trinajstić information content (AvgIpc) is 3.13. The lowest BCUT2D eigenvalue weighted by Gasteiger charge is -2.43. The molecule has 1 aromatic carbocycles. The number of benzene rings is 1. The molecule has 3 rings (SSSR count). The lowest BCUT2D eigenvalue weighted by molar-refractivity contribution is -0.132. The van der Waals surface area contributed by atoms with Crippen molar-refractivity contribution < 1.29 is 14.7 Å². The van der Waals surface area contributed by atoms with Crippen molar-refractivity contribution in [3.8, 4) is 5.75 Å². The van der Waals surface area contributed by atoms with Gasteiger partial charge in [0.25, 0.3) is 5.91 Å². The van der Waals surface area contributed by atoms with E-state index in [1.54, 1.807) is 23.0 Å². The van der Waals surface area contributed by atoms with Crippen LogP contribution >= 0.6 is 22.9 Å². The van der Waals surface area contributed by atoms with Crippen LogP contribution in [0.2, 0.25) is 5.02 Å². The van der Waals surface area contributed by atoms with Gasteiger partial charge in [-0.05, 0) is 23.1 Å². The smallest absolute Gasteiger partial charge is 0.265 e. The molecule has 1 aromatic heterocycles. The highest BCUT2D eigenvalue weighted by atomic mass is 35.5. The predicted molar refractivity (Wildman–Crippen MR) is 124 cm³/mol. The number of anilines is 1. The molecule has 0 atom stereocenters. The fourth-order valence-corrected chi connectivity index (χ4v) is 4.57. The van der Waals surface area contributed by atoms with Gasteiger partial charge in [-0.15, -0.1) is 11.3 Å². The molecule has 1 aliphatic heterocycles. The number of thiazole rings is 1. The average molecular weight is 463 g/mol. The number of amides is 2. The van der Waals surface area contributed by atoms with Crippen molar-refractivity contribution in [3.05, 3.63) is 51.5 Å². The van der Waals surface area contributed by atoms with Gasteiger partial charge in [0, 0.05) is 31.2 Å². The van der Waals surface area contributed by atoms with Crippen LogP contribution in [0.3, 0.4) is 0 Å². The molecule has 166 valence electrons. The zero-order valence-electron chi connectivity index (χ0n) is 18.1. The lowest BCUT2D eigenvalue weighted by Crippen LogP contribution is -2.60. The second-order valence-electron chi connectivity index (χ2n) is 8.59. The van der Waals surface area contributed by atoms with E-state index in [1.165, 1.54) is 23.5 Å². The Morgan fingerprint density at radius 1 is 1.42 bits per heavy atom. The molecule has 2 amide bonds. The monoisotopic (exact) mass is 462 g/mol. The second-order valence-corrected chi connectivity index (χ2v) is 10.1. The first-order chi connectivity index (χ1) is 14.5. The third-order valence-corrected chi connectivity index (χ3v) is 6.60. The van der Waals surface area contributed by atoms with Crippen molar-refractivity contribution in [3.63, 3.8) is 0 Å². The van der Waals surface area contributed by atoms with Gasteiger partial charge in [-0.1, -0.05) is 39.0 Å². The van der Waals surface area contributed by atoms with Crippen molar-refractivity contribution >= 4 is 40.4 Å². The molecule has 1 saturated heterocycles. The maximum atomic E-state index is 12.8. The standard InChI is InChI=1S/C22H27ClN4O3S/c1-6-20(29)27-11-13(12-27)26(5)21(30)18-9-25-19(31-18)10-24-16-7-14(22(2,3)4)15(23)8-17(16)28/h6-9,13,24,28H,1,10-12H2,2-5H3. The Balaban J connectivity index is 1.62. The van der Waals surface area contributed by atoms with E-state index in [4.69, 9.17) is 11.6 Å². The summed E-state index contributed by atoms with van der Waals surface area (Å²) in [6.45, 7) is 11.0. The van der Waals surface area contributed by atoms with Crippen LogP contribution in [-0.2, 0) is 16.8 Å². The highest BCUT2D eigenvalue weighted by molar-refractivity contribution is 7.13. The maximum Gasteiger partial charge on any atom is 0.265 e. The molecule has 31 heavy (non-hydrogen) atoms. The third-order valence-electron chi connectivity index (χ3n) is 5.30. The largest absolute Gasteiger partial charge is 0.506 e. The number of likely N-dealkylation sites (N-methyl/N-ethyl adjacent to an activating group) is 1. The zero-order chi connectivity index (χ0) is 22.9. The number of rotatable bonds is 6. The number of nitrogens with zero attached hydrogens (tertiary/aromatic N) is 3. The molecule has 0 bridgehead atoms. The van der Waals surface area contributed by atoms with E-state index in [-0.39, 0.29) is 29.0 Å². The number of hydrogen-bond donors (Lipinski definition) is 2. The van der Waals surface area contributed by atoms with E-state index < -0.39 is 0 Å². The summed E-state index contributed by atoms with van der Waals surface area (Å²) in [7, 11) is 1.74. The number of carbonyl (C=O) groups excluding carboxylic acids is 2. The number of carbonyl (C=O) groups is 2. The quantitative estimate of drug-likeness (QED) is 0.502. The van der Waals surface area contributed by atoms with E-state index in [0.29, 0.717) is 35.2 Å². The normalized spacial score (nSPS) is 14.2. The van der Waals surface area contributed by atoms with Crippen LogP contribution in [-0.4, -0.2) is 57.9 Å². The molecule has 2 aromatic rings. The molecule has 0 unspecified atom stereocenters. The number of aromatic nitrogens is 1. The van der Waals surface area contributed by atoms with Gasteiger partial charge in [-0.25, -0.2) is 4.98 Å². The molecule has 2 heterocycles. The van der Waals surface area contributed by atoms with Crippen LogP contribution < -0.4 is 5.32 Å². The molecule has 1 fully saturated rings. The Bertz CT molecular complexity index is 1010. The van der Waals surface area contributed by atoms with Gasteiger partial charge in [-0.3, -0.25) is 9.59 Å². The van der Waals surface area contributed by atoms with Gasteiger partial charge in [0.2, 0.25) is 5.91 Å². The summed E-state index contributed by atoms with van der Waals surface area (Å²) in [6.07, 6.45) is 2.84. The number of aromatic hydroxyl groups is 1. The molecule has 2 N–H and O–H groups in total. The van der Waals surface area contributed by atoms with Gasteiger partial charge >= 0.3 is 0 Å². The first kappa shape index (κ1) is 23.1. The number of likely N-dealkylation sites (tertiary alicyclic amines) is 1. The van der Waals surface area contributed by atoms with E-state index in [2.05, 4.69) is 37.7 Å². The van der Waals surface area contributed by atoms with E-state index in [9.17, 15) is 14.7 Å². The minimum Gasteiger partial charge on any atom is -0.506 e. The Hall–Kier alpha value is -2.58. The Morgan fingerprint density at radius 2 is 2.10 bits per heavy atom. The van der Waals surface area contributed by atoms with Gasteiger partial charge in [0.1, 0.15) is 15.6 Å². The number of hydrogen-bond acceptors (Lipinski definition) is 6. The first-order valence-electron chi connectivity index (χ1n) is 9.91. The van der Waals surface area contributed by atoms with Gasteiger partial charge in [0.05, 0.1) is 24.5 Å².